The van der Waals surface area contributed by atoms with Gasteiger partial charge in [0.2, 0.25) is 0 Å². The quantitative estimate of drug-likeness (QED) is 0.600. The molecular weight excluding hydrogens is 304 g/mol. The number of aliphatic hydroxyl groups excluding tert-OH is 1. The van der Waals surface area contributed by atoms with E-state index in [9.17, 15) is 5.11 Å². The Balaban J connectivity index is 1.57. The molecule has 7 nitrogen and oxygen atoms in total. The van der Waals surface area contributed by atoms with E-state index < -0.39 is 0 Å². The summed E-state index contributed by atoms with van der Waals surface area (Å²) in [6, 6.07) is 0. The van der Waals surface area contributed by atoms with Crippen LogP contribution in [0.25, 0.3) is 5.70 Å². The van der Waals surface area contributed by atoms with Crippen molar-refractivity contribution in [3.63, 3.8) is 0 Å². The van der Waals surface area contributed by atoms with Gasteiger partial charge in [-0.05, 0) is 31.3 Å². The molecule has 0 radical (unpaired) electrons. The maximum absolute atomic E-state index is 9.71. The fourth-order valence-corrected chi connectivity index (χ4v) is 3.23. The van der Waals surface area contributed by atoms with Gasteiger partial charge in [0.25, 0.3) is 0 Å². The zero-order valence-electron chi connectivity index (χ0n) is 14.1. The number of nitrogen functional groups attached to an aromatic ring is 1. The lowest BCUT2D eigenvalue weighted by Gasteiger charge is -2.28. The first-order valence-corrected chi connectivity index (χ1v) is 8.48. The molecule has 0 amide bonds. The van der Waals surface area contributed by atoms with E-state index in [2.05, 4.69) is 32.9 Å². The first-order valence-electron chi connectivity index (χ1n) is 8.48. The molecule has 0 bridgehead atoms. The maximum Gasteiger partial charge on any atom is 0.196 e. The van der Waals surface area contributed by atoms with Crippen LogP contribution in [0.3, 0.4) is 0 Å². The van der Waals surface area contributed by atoms with Crippen molar-refractivity contribution in [2.24, 2.45) is 23.9 Å². The van der Waals surface area contributed by atoms with Crippen LogP contribution in [0.1, 0.15) is 24.8 Å². The van der Waals surface area contributed by atoms with Gasteiger partial charge in [-0.3, -0.25) is 4.68 Å². The van der Waals surface area contributed by atoms with Gasteiger partial charge in [0.1, 0.15) is 5.82 Å². The standard InChI is InChI=1S/C17H26N6O/c1-23-16(18)14(10-21-23)15-7-8-19-17(22-15)20-9-13(11-24)12-5-3-2-4-6-12/h2-3,7,10,12-13,24H,4-6,8-9,11,18H2,1H3,(H2,19,20,22). The second-order valence-corrected chi connectivity index (χ2v) is 6.37. The SMILES string of the molecule is Cn1ncc(C2=CCN=C(NCC(CO)C3CC=CCC3)N2)c1N. The van der Waals surface area contributed by atoms with Gasteiger partial charge >= 0.3 is 0 Å². The van der Waals surface area contributed by atoms with Gasteiger partial charge in [-0.15, -0.1) is 0 Å². The number of guanidine groups is 1. The Morgan fingerprint density at radius 1 is 1.50 bits per heavy atom. The van der Waals surface area contributed by atoms with Crippen molar-refractivity contribution in [3.05, 3.63) is 30.0 Å². The van der Waals surface area contributed by atoms with E-state index in [1.54, 1.807) is 10.9 Å². The predicted molar refractivity (Wildman–Crippen MR) is 96.1 cm³/mol. The summed E-state index contributed by atoms with van der Waals surface area (Å²) in [6.45, 7) is 1.49. The van der Waals surface area contributed by atoms with Crippen molar-refractivity contribution in [1.29, 1.82) is 0 Å². The normalized spacial score (nSPS) is 21.7. The minimum Gasteiger partial charge on any atom is -0.396 e. The molecule has 2 unspecified atom stereocenters. The van der Waals surface area contributed by atoms with E-state index in [-0.39, 0.29) is 12.5 Å². The Morgan fingerprint density at radius 2 is 2.38 bits per heavy atom. The highest BCUT2D eigenvalue weighted by Gasteiger charge is 2.22. The average molecular weight is 330 g/mol. The molecule has 3 rings (SSSR count). The number of hydrogen-bond donors (Lipinski definition) is 4. The number of aromatic nitrogens is 2. The topological polar surface area (TPSA) is 100 Å². The summed E-state index contributed by atoms with van der Waals surface area (Å²) < 4.78 is 1.65. The van der Waals surface area contributed by atoms with Crippen LogP contribution in [0.2, 0.25) is 0 Å². The molecule has 5 N–H and O–H groups in total. The highest BCUT2D eigenvalue weighted by molar-refractivity contribution is 5.92. The summed E-state index contributed by atoms with van der Waals surface area (Å²) in [4.78, 5) is 4.45. The van der Waals surface area contributed by atoms with Crippen LogP contribution < -0.4 is 16.4 Å². The Bertz CT molecular complexity index is 660. The second kappa shape index (κ2) is 7.53. The highest BCUT2D eigenvalue weighted by atomic mass is 16.3. The number of allylic oxidation sites excluding steroid dienone is 2. The lowest BCUT2D eigenvalue weighted by Crippen LogP contribution is -2.42. The Hall–Kier alpha value is -2.28. The molecule has 0 saturated carbocycles. The van der Waals surface area contributed by atoms with E-state index >= 15 is 0 Å². The van der Waals surface area contributed by atoms with E-state index in [0.29, 0.717) is 24.8 Å². The molecule has 130 valence electrons. The Labute approximate surface area is 142 Å². The number of nitrogens with two attached hydrogens (primary N) is 1. The number of nitrogens with one attached hydrogen (secondary N) is 2. The number of nitrogens with zero attached hydrogens (tertiary/aromatic N) is 3. The van der Waals surface area contributed by atoms with E-state index in [1.807, 2.05) is 13.1 Å². The van der Waals surface area contributed by atoms with Gasteiger partial charge in [-0.2, -0.15) is 5.10 Å². The highest BCUT2D eigenvalue weighted by Crippen LogP contribution is 2.25. The summed E-state index contributed by atoms with van der Waals surface area (Å²) in [5.41, 5.74) is 7.83. The third kappa shape index (κ3) is 3.62. The zero-order chi connectivity index (χ0) is 16.9. The van der Waals surface area contributed by atoms with Gasteiger partial charge in [-0.1, -0.05) is 12.2 Å². The van der Waals surface area contributed by atoms with Crippen LogP contribution >= 0.6 is 0 Å². The van der Waals surface area contributed by atoms with E-state index in [1.165, 1.54) is 0 Å². The largest absolute Gasteiger partial charge is 0.396 e. The molecule has 1 aromatic heterocycles. The minimum atomic E-state index is 0.192. The molecule has 7 heteroatoms. The van der Waals surface area contributed by atoms with Crippen LogP contribution in [-0.2, 0) is 7.05 Å². The zero-order valence-corrected chi connectivity index (χ0v) is 14.1. The number of anilines is 1. The summed E-state index contributed by atoms with van der Waals surface area (Å²) >= 11 is 0. The molecule has 2 heterocycles. The number of aliphatic hydroxyl groups is 1. The lowest BCUT2D eigenvalue weighted by atomic mass is 9.83. The number of rotatable bonds is 5. The fraction of sp³-hybridized carbons (Fsp3) is 0.529. The van der Waals surface area contributed by atoms with E-state index in [0.717, 1.165) is 36.5 Å². The van der Waals surface area contributed by atoms with Gasteiger partial charge in [-0.25, -0.2) is 4.99 Å². The second-order valence-electron chi connectivity index (χ2n) is 6.37. The number of aryl methyl sites for hydroxylation is 1. The van der Waals surface area contributed by atoms with Crippen LogP contribution in [0.5, 0.6) is 0 Å². The summed E-state index contributed by atoms with van der Waals surface area (Å²) in [5, 5.41) is 20.5. The summed E-state index contributed by atoms with van der Waals surface area (Å²) in [6.07, 6.45) is 11.5. The molecule has 0 aromatic carbocycles. The van der Waals surface area contributed by atoms with Crippen LogP contribution in [0, 0.1) is 11.8 Å². The average Bonchev–Trinajstić information content (AvgIpc) is 2.96. The Kier molecular flexibility index (Phi) is 5.20. The third-order valence-corrected chi connectivity index (χ3v) is 4.82. The molecule has 2 aliphatic rings. The first-order chi connectivity index (χ1) is 11.7. The molecule has 0 saturated heterocycles. The third-order valence-electron chi connectivity index (χ3n) is 4.82. The van der Waals surface area contributed by atoms with Gasteiger partial charge < -0.3 is 21.5 Å². The molecule has 2 atom stereocenters. The molecule has 1 aromatic rings. The molecular formula is C17H26N6O. The predicted octanol–water partition coefficient (Wildman–Crippen LogP) is 0.857. The van der Waals surface area contributed by atoms with Crippen molar-refractivity contribution in [1.82, 2.24) is 20.4 Å². The van der Waals surface area contributed by atoms with Gasteiger partial charge in [0, 0.05) is 26.1 Å². The molecule has 0 spiro atoms. The van der Waals surface area contributed by atoms with Crippen molar-refractivity contribution >= 4 is 17.5 Å². The molecule has 24 heavy (non-hydrogen) atoms. The smallest absolute Gasteiger partial charge is 0.196 e. The number of hydrogen-bond acceptors (Lipinski definition) is 6. The maximum atomic E-state index is 9.71. The first kappa shape index (κ1) is 16.6. The molecule has 1 aliphatic carbocycles. The molecule has 0 fully saturated rings. The lowest BCUT2D eigenvalue weighted by molar-refractivity contribution is 0.169. The van der Waals surface area contributed by atoms with Crippen LogP contribution in [0.15, 0.2) is 29.4 Å². The van der Waals surface area contributed by atoms with Crippen molar-refractivity contribution in [3.8, 4) is 0 Å². The Morgan fingerprint density at radius 3 is 3.04 bits per heavy atom. The van der Waals surface area contributed by atoms with E-state index in [4.69, 9.17) is 5.73 Å². The van der Waals surface area contributed by atoms with Crippen LogP contribution in [-0.4, -0.2) is 40.5 Å². The van der Waals surface area contributed by atoms with Crippen molar-refractivity contribution < 1.29 is 5.11 Å². The van der Waals surface area contributed by atoms with Gasteiger partial charge in [0.05, 0.1) is 24.0 Å². The van der Waals surface area contributed by atoms with Crippen molar-refractivity contribution in [2.75, 3.05) is 25.4 Å². The monoisotopic (exact) mass is 330 g/mol. The minimum absolute atomic E-state index is 0.192. The van der Waals surface area contributed by atoms with Crippen molar-refractivity contribution in [2.45, 2.75) is 19.3 Å². The van der Waals surface area contributed by atoms with Gasteiger partial charge in [0.15, 0.2) is 5.96 Å². The summed E-state index contributed by atoms with van der Waals surface area (Å²) in [7, 11) is 1.82. The summed E-state index contributed by atoms with van der Waals surface area (Å²) in [5.74, 6) is 2.11. The van der Waals surface area contributed by atoms with Crippen LogP contribution in [0.4, 0.5) is 5.82 Å². The number of aliphatic imine (C=N–C) groups is 1. The fourth-order valence-electron chi connectivity index (χ4n) is 3.23. The molecule has 1 aliphatic heterocycles.